The van der Waals surface area contributed by atoms with Crippen LogP contribution in [0.2, 0.25) is 0 Å². The van der Waals surface area contributed by atoms with Gasteiger partial charge >= 0.3 is 0 Å². The maximum absolute atomic E-state index is 12.3. The Morgan fingerprint density at radius 3 is 3.10 bits per heavy atom. The molecule has 2 N–H and O–H groups in total. The van der Waals surface area contributed by atoms with Gasteiger partial charge in [-0.3, -0.25) is 9.78 Å². The average Bonchev–Trinajstić information content (AvgIpc) is 2.55. The fourth-order valence-electron chi connectivity index (χ4n) is 2.59. The summed E-state index contributed by atoms with van der Waals surface area (Å²) >= 11 is 0. The maximum atomic E-state index is 12.3. The highest BCUT2D eigenvalue weighted by Gasteiger charge is 2.16. The predicted molar refractivity (Wildman–Crippen MR) is 84.5 cm³/mol. The number of carbonyl (C=O) groups excluding carboxylic acids is 1. The standard InChI is InChI=1S/C17H19N3O/c1-12(14-5-2-8-18-11-14)17(21)20-15-6-7-16-13(10-15)4-3-9-19-16/h2,5-8,10-12,19H,3-4,9H2,1H3,(H,20,21). The number of benzene rings is 1. The second-order valence-electron chi connectivity index (χ2n) is 5.40. The molecule has 0 spiro atoms. The van der Waals surface area contributed by atoms with Gasteiger partial charge in [0.25, 0.3) is 0 Å². The van der Waals surface area contributed by atoms with E-state index in [0.717, 1.165) is 30.6 Å². The first kappa shape index (κ1) is 13.6. The Kier molecular flexibility index (Phi) is 3.86. The Hall–Kier alpha value is -2.36. The quantitative estimate of drug-likeness (QED) is 0.908. The zero-order valence-corrected chi connectivity index (χ0v) is 12.1. The number of aromatic nitrogens is 1. The van der Waals surface area contributed by atoms with Crippen molar-refractivity contribution in [3.63, 3.8) is 0 Å². The largest absolute Gasteiger partial charge is 0.385 e. The van der Waals surface area contributed by atoms with Crippen molar-refractivity contribution in [2.75, 3.05) is 17.2 Å². The van der Waals surface area contributed by atoms with Crippen LogP contribution < -0.4 is 10.6 Å². The summed E-state index contributed by atoms with van der Waals surface area (Å²) in [5, 5.41) is 6.37. The molecule has 0 aliphatic carbocycles. The van der Waals surface area contributed by atoms with Crippen molar-refractivity contribution in [2.45, 2.75) is 25.7 Å². The number of nitrogens with zero attached hydrogens (tertiary/aromatic N) is 1. The summed E-state index contributed by atoms with van der Waals surface area (Å²) in [7, 11) is 0. The SMILES string of the molecule is CC(C(=O)Nc1ccc2c(c1)CCCN2)c1cccnc1. The zero-order valence-electron chi connectivity index (χ0n) is 12.1. The van der Waals surface area contributed by atoms with Crippen LogP contribution in [0.3, 0.4) is 0 Å². The maximum Gasteiger partial charge on any atom is 0.231 e. The molecule has 0 bridgehead atoms. The van der Waals surface area contributed by atoms with Crippen LogP contribution in [0.4, 0.5) is 11.4 Å². The predicted octanol–water partition coefficient (Wildman–Crippen LogP) is 3.18. The number of pyridine rings is 1. The molecule has 2 heterocycles. The lowest BCUT2D eigenvalue weighted by Crippen LogP contribution is -2.19. The molecule has 1 aliphatic heterocycles. The van der Waals surface area contributed by atoms with Gasteiger partial charge in [-0.15, -0.1) is 0 Å². The molecule has 1 aromatic carbocycles. The van der Waals surface area contributed by atoms with Gasteiger partial charge in [0.2, 0.25) is 5.91 Å². The summed E-state index contributed by atoms with van der Waals surface area (Å²) < 4.78 is 0. The minimum atomic E-state index is -0.215. The lowest BCUT2D eigenvalue weighted by Gasteiger charge is -2.19. The number of hydrogen-bond donors (Lipinski definition) is 2. The highest BCUT2D eigenvalue weighted by molar-refractivity contribution is 5.95. The zero-order chi connectivity index (χ0) is 14.7. The summed E-state index contributed by atoms with van der Waals surface area (Å²) in [4.78, 5) is 16.4. The molecule has 2 aromatic rings. The van der Waals surface area contributed by atoms with Crippen molar-refractivity contribution in [3.05, 3.63) is 53.9 Å². The fraction of sp³-hybridized carbons (Fsp3) is 0.294. The van der Waals surface area contributed by atoms with Crippen LogP contribution in [0.25, 0.3) is 0 Å². The monoisotopic (exact) mass is 281 g/mol. The number of fused-ring (bicyclic) bond motifs is 1. The minimum Gasteiger partial charge on any atom is -0.385 e. The lowest BCUT2D eigenvalue weighted by atomic mass is 10.0. The number of hydrogen-bond acceptors (Lipinski definition) is 3. The molecule has 108 valence electrons. The molecular formula is C17H19N3O. The Morgan fingerprint density at radius 2 is 2.29 bits per heavy atom. The molecule has 4 nitrogen and oxygen atoms in total. The van der Waals surface area contributed by atoms with Gasteiger partial charge in [0, 0.05) is 30.3 Å². The van der Waals surface area contributed by atoms with E-state index in [-0.39, 0.29) is 11.8 Å². The summed E-state index contributed by atoms with van der Waals surface area (Å²) in [5.74, 6) is -0.223. The van der Waals surface area contributed by atoms with Gasteiger partial charge in [-0.1, -0.05) is 6.07 Å². The number of rotatable bonds is 3. The molecule has 1 aliphatic rings. The van der Waals surface area contributed by atoms with Crippen molar-refractivity contribution in [2.24, 2.45) is 0 Å². The third kappa shape index (κ3) is 3.05. The molecule has 4 heteroatoms. The van der Waals surface area contributed by atoms with Gasteiger partial charge in [0.15, 0.2) is 0 Å². The molecule has 1 aromatic heterocycles. The minimum absolute atomic E-state index is 0.00767. The van der Waals surface area contributed by atoms with Gasteiger partial charge in [0.1, 0.15) is 0 Å². The van der Waals surface area contributed by atoms with Crippen LogP contribution in [0.15, 0.2) is 42.7 Å². The van der Waals surface area contributed by atoms with E-state index in [1.165, 1.54) is 11.3 Å². The third-order valence-electron chi connectivity index (χ3n) is 3.89. The molecule has 0 radical (unpaired) electrons. The Labute approximate surface area is 124 Å². The van der Waals surface area contributed by atoms with Crippen LogP contribution in [-0.2, 0) is 11.2 Å². The smallest absolute Gasteiger partial charge is 0.231 e. The molecule has 0 saturated heterocycles. The van der Waals surface area contributed by atoms with Gasteiger partial charge in [-0.25, -0.2) is 0 Å². The average molecular weight is 281 g/mol. The van der Waals surface area contributed by atoms with Crippen LogP contribution >= 0.6 is 0 Å². The summed E-state index contributed by atoms with van der Waals surface area (Å²) in [6.45, 7) is 2.92. The molecule has 21 heavy (non-hydrogen) atoms. The second kappa shape index (κ2) is 5.95. The molecular weight excluding hydrogens is 262 g/mol. The Bertz CT molecular complexity index is 640. The first-order valence-electron chi connectivity index (χ1n) is 7.31. The van der Waals surface area contributed by atoms with E-state index in [1.54, 1.807) is 12.4 Å². The van der Waals surface area contributed by atoms with Crippen LogP contribution in [-0.4, -0.2) is 17.4 Å². The van der Waals surface area contributed by atoms with E-state index in [9.17, 15) is 4.79 Å². The van der Waals surface area contributed by atoms with Gasteiger partial charge in [-0.2, -0.15) is 0 Å². The molecule has 3 rings (SSSR count). The van der Waals surface area contributed by atoms with Crippen LogP contribution in [0.1, 0.15) is 30.4 Å². The van der Waals surface area contributed by atoms with E-state index in [4.69, 9.17) is 0 Å². The normalized spacial score (nSPS) is 14.7. The van der Waals surface area contributed by atoms with Crippen LogP contribution in [0, 0.1) is 0 Å². The van der Waals surface area contributed by atoms with Crippen molar-refractivity contribution in [1.29, 1.82) is 0 Å². The molecule has 1 amide bonds. The summed E-state index contributed by atoms with van der Waals surface area (Å²) in [5.41, 5.74) is 4.24. The highest BCUT2D eigenvalue weighted by Crippen LogP contribution is 2.26. The van der Waals surface area contributed by atoms with Crippen molar-refractivity contribution < 1.29 is 4.79 Å². The number of aryl methyl sites for hydroxylation is 1. The Balaban J connectivity index is 1.73. The van der Waals surface area contributed by atoms with Gasteiger partial charge in [-0.05, 0) is 55.2 Å². The van der Waals surface area contributed by atoms with E-state index in [1.807, 2.05) is 31.2 Å². The van der Waals surface area contributed by atoms with E-state index >= 15 is 0 Å². The lowest BCUT2D eigenvalue weighted by molar-refractivity contribution is -0.117. The summed E-state index contributed by atoms with van der Waals surface area (Å²) in [6.07, 6.45) is 5.65. The number of nitrogens with one attached hydrogen (secondary N) is 2. The van der Waals surface area contributed by atoms with E-state index < -0.39 is 0 Å². The fourth-order valence-corrected chi connectivity index (χ4v) is 2.59. The number of carbonyl (C=O) groups is 1. The first-order valence-corrected chi connectivity index (χ1v) is 7.31. The van der Waals surface area contributed by atoms with E-state index in [0.29, 0.717) is 0 Å². The van der Waals surface area contributed by atoms with Crippen LogP contribution in [0.5, 0.6) is 0 Å². The second-order valence-corrected chi connectivity index (χ2v) is 5.40. The van der Waals surface area contributed by atoms with Gasteiger partial charge in [0.05, 0.1) is 5.92 Å². The number of amides is 1. The topological polar surface area (TPSA) is 54.0 Å². The summed E-state index contributed by atoms with van der Waals surface area (Å²) in [6, 6.07) is 9.83. The van der Waals surface area contributed by atoms with Crippen molar-refractivity contribution >= 4 is 17.3 Å². The third-order valence-corrected chi connectivity index (χ3v) is 3.89. The molecule has 1 atom stereocenters. The van der Waals surface area contributed by atoms with E-state index in [2.05, 4.69) is 21.7 Å². The molecule has 0 saturated carbocycles. The molecule has 1 unspecified atom stereocenters. The Morgan fingerprint density at radius 1 is 1.38 bits per heavy atom. The number of anilines is 2. The van der Waals surface area contributed by atoms with Gasteiger partial charge < -0.3 is 10.6 Å². The van der Waals surface area contributed by atoms with Crippen molar-refractivity contribution in [3.8, 4) is 0 Å². The van der Waals surface area contributed by atoms with Crippen molar-refractivity contribution in [1.82, 2.24) is 4.98 Å². The highest BCUT2D eigenvalue weighted by atomic mass is 16.1. The molecule has 0 fully saturated rings. The first-order chi connectivity index (χ1) is 10.2.